The molecule has 0 N–H and O–H groups in total. The Kier molecular flexibility index (Phi) is 62.3. The van der Waals surface area contributed by atoms with Gasteiger partial charge in [0.15, 0.2) is 6.10 Å². The summed E-state index contributed by atoms with van der Waals surface area (Å²) < 4.78 is 16.9. The Labute approximate surface area is 482 Å². The molecule has 1 unspecified atom stereocenters. The molecule has 0 bridgehead atoms. The summed E-state index contributed by atoms with van der Waals surface area (Å²) >= 11 is 0. The van der Waals surface area contributed by atoms with Crippen LogP contribution in [0.5, 0.6) is 0 Å². The first-order valence-corrected chi connectivity index (χ1v) is 32.9. The fourth-order valence-electron chi connectivity index (χ4n) is 9.06. The number of carbonyl (C=O) groups excluding carboxylic acids is 3. The second kappa shape index (κ2) is 65.6. The van der Waals surface area contributed by atoms with Crippen molar-refractivity contribution in [3.63, 3.8) is 0 Å². The van der Waals surface area contributed by atoms with E-state index in [1.165, 1.54) is 148 Å². The fraction of sp³-hybridized carbons (Fsp3) is 0.708. The molecule has 0 radical (unpaired) electrons. The molecule has 0 aromatic carbocycles. The highest BCUT2D eigenvalue weighted by atomic mass is 16.6. The molecule has 0 fully saturated rings. The molecule has 6 nitrogen and oxygen atoms in total. The molecule has 0 rings (SSSR count). The molecule has 78 heavy (non-hydrogen) atoms. The molecule has 0 aliphatic heterocycles. The molecule has 1 atom stereocenters. The van der Waals surface area contributed by atoms with Gasteiger partial charge in [-0.15, -0.1) is 0 Å². The van der Waals surface area contributed by atoms with Crippen LogP contribution in [0.15, 0.2) is 109 Å². The van der Waals surface area contributed by atoms with Crippen LogP contribution in [-0.2, 0) is 28.6 Å². The van der Waals surface area contributed by atoms with Gasteiger partial charge in [-0.1, -0.05) is 271 Å². The molecule has 0 aliphatic carbocycles. The van der Waals surface area contributed by atoms with E-state index in [1.54, 1.807) is 0 Å². The summed E-state index contributed by atoms with van der Waals surface area (Å²) in [6.07, 6.45) is 89.5. The van der Waals surface area contributed by atoms with E-state index in [1.807, 2.05) is 0 Å². The second-order valence-corrected chi connectivity index (χ2v) is 21.6. The number of rotatable bonds is 59. The monoisotopic (exact) mass is 1080 g/mol. The van der Waals surface area contributed by atoms with Crippen molar-refractivity contribution in [1.29, 1.82) is 0 Å². The summed E-state index contributed by atoms with van der Waals surface area (Å²) in [5.41, 5.74) is 0. The van der Waals surface area contributed by atoms with Crippen molar-refractivity contribution < 1.29 is 28.6 Å². The number of unbranched alkanes of at least 4 members (excludes halogenated alkanes) is 30. The highest BCUT2D eigenvalue weighted by Gasteiger charge is 2.19. The molecule has 0 aliphatic rings. The van der Waals surface area contributed by atoms with Crippen molar-refractivity contribution in [3.8, 4) is 0 Å². The van der Waals surface area contributed by atoms with Gasteiger partial charge in [0.05, 0.1) is 0 Å². The first kappa shape index (κ1) is 74.1. The number of allylic oxidation sites excluding steroid dienone is 18. The maximum absolute atomic E-state index is 12.9. The third-order valence-corrected chi connectivity index (χ3v) is 14.0. The van der Waals surface area contributed by atoms with Crippen molar-refractivity contribution in [1.82, 2.24) is 0 Å². The highest BCUT2D eigenvalue weighted by molar-refractivity contribution is 5.71. The van der Waals surface area contributed by atoms with E-state index in [4.69, 9.17) is 14.2 Å². The predicted molar refractivity (Wildman–Crippen MR) is 339 cm³/mol. The molecule has 0 heterocycles. The molecule has 0 saturated carbocycles. The lowest BCUT2D eigenvalue weighted by Crippen LogP contribution is -2.30. The van der Waals surface area contributed by atoms with Gasteiger partial charge in [-0.25, -0.2) is 0 Å². The smallest absolute Gasteiger partial charge is 0.306 e. The summed E-state index contributed by atoms with van der Waals surface area (Å²) in [7, 11) is 0. The van der Waals surface area contributed by atoms with Crippen LogP contribution in [0.4, 0.5) is 0 Å². The Bertz CT molecular complexity index is 1570. The number of hydrogen-bond donors (Lipinski definition) is 0. The maximum atomic E-state index is 12.9. The lowest BCUT2D eigenvalue weighted by atomic mass is 10.0. The molecular weight excluding hydrogens is 961 g/mol. The molecule has 446 valence electrons. The summed E-state index contributed by atoms with van der Waals surface area (Å²) in [6.45, 7) is 6.49. The summed E-state index contributed by atoms with van der Waals surface area (Å²) in [5.74, 6) is -0.952. The van der Waals surface area contributed by atoms with Crippen LogP contribution in [0, 0.1) is 0 Å². The van der Waals surface area contributed by atoms with E-state index < -0.39 is 6.10 Å². The fourth-order valence-corrected chi connectivity index (χ4v) is 9.06. The molecule has 0 amide bonds. The average molecular weight is 1080 g/mol. The van der Waals surface area contributed by atoms with Gasteiger partial charge in [-0.2, -0.15) is 0 Å². The normalized spacial score (nSPS) is 12.8. The Morgan fingerprint density at radius 3 is 0.833 bits per heavy atom. The van der Waals surface area contributed by atoms with E-state index in [0.29, 0.717) is 19.3 Å². The zero-order chi connectivity index (χ0) is 56.4. The number of hydrogen-bond acceptors (Lipinski definition) is 6. The molecule has 0 saturated heterocycles. The first-order chi connectivity index (χ1) is 38.5. The Morgan fingerprint density at radius 2 is 0.500 bits per heavy atom. The van der Waals surface area contributed by atoms with Crippen molar-refractivity contribution in [3.05, 3.63) is 109 Å². The van der Waals surface area contributed by atoms with Gasteiger partial charge in [0.1, 0.15) is 13.2 Å². The van der Waals surface area contributed by atoms with Crippen LogP contribution in [0.3, 0.4) is 0 Å². The molecule has 0 spiro atoms. The van der Waals surface area contributed by atoms with Crippen molar-refractivity contribution >= 4 is 17.9 Å². The van der Waals surface area contributed by atoms with Gasteiger partial charge in [-0.05, 0) is 128 Å². The van der Waals surface area contributed by atoms with E-state index in [9.17, 15) is 14.4 Å². The minimum Gasteiger partial charge on any atom is -0.462 e. The van der Waals surface area contributed by atoms with Gasteiger partial charge in [0, 0.05) is 19.3 Å². The predicted octanol–water partition coefficient (Wildman–Crippen LogP) is 22.6. The number of ether oxygens (including phenoxy) is 3. The first-order valence-electron chi connectivity index (χ1n) is 32.9. The van der Waals surface area contributed by atoms with Crippen LogP contribution in [-0.4, -0.2) is 37.2 Å². The maximum Gasteiger partial charge on any atom is 0.306 e. The summed E-state index contributed by atoms with van der Waals surface area (Å²) in [4.78, 5) is 38.4. The zero-order valence-electron chi connectivity index (χ0n) is 51.2. The van der Waals surface area contributed by atoms with Gasteiger partial charge in [0.25, 0.3) is 0 Å². The Balaban J connectivity index is 4.45. The van der Waals surface area contributed by atoms with E-state index in [-0.39, 0.29) is 37.5 Å². The lowest BCUT2D eigenvalue weighted by Gasteiger charge is -2.18. The standard InChI is InChI=1S/C72H122O6/c1-4-7-10-13-16-19-22-25-28-31-33-35-36-38-39-41-44-47-50-53-56-59-62-65-71(74)77-68-69(67-76-70(73)64-61-58-55-52-49-46-43-30-27-24-21-18-15-12-9-6-3)78-72(75)66-63-60-57-54-51-48-45-42-40-37-34-32-29-26-23-20-17-14-11-8-5-2/h8,11,17,20-21,24,26,29-31,33-34,37,42-43,45,51,54,69H,4-7,9-10,12-16,18-19,22-23,25,27-28,32,35-36,38-41,44,46-50,52-53,55-68H2,1-3H3/b11-8-,20-17-,24-21-,29-26-,33-31-,37-34-,43-30-,45-42-,54-51-. The van der Waals surface area contributed by atoms with Crippen LogP contribution in [0.25, 0.3) is 0 Å². The van der Waals surface area contributed by atoms with Gasteiger partial charge in [-0.3, -0.25) is 14.4 Å². The largest absolute Gasteiger partial charge is 0.462 e. The van der Waals surface area contributed by atoms with Crippen molar-refractivity contribution in [2.24, 2.45) is 0 Å². The Hall–Kier alpha value is -3.93. The van der Waals surface area contributed by atoms with Crippen molar-refractivity contribution in [2.45, 2.75) is 316 Å². The highest BCUT2D eigenvalue weighted by Crippen LogP contribution is 2.16. The third kappa shape index (κ3) is 62.9. The van der Waals surface area contributed by atoms with E-state index in [2.05, 4.69) is 130 Å². The van der Waals surface area contributed by atoms with Crippen LogP contribution in [0.2, 0.25) is 0 Å². The lowest BCUT2D eigenvalue weighted by molar-refractivity contribution is -0.167. The minimum atomic E-state index is -0.811. The molecular formula is C72H122O6. The van der Waals surface area contributed by atoms with Gasteiger partial charge >= 0.3 is 17.9 Å². The zero-order valence-corrected chi connectivity index (χ0v) is 51.2. The number of esters is 3. The third-order valence-electron chi connectivity index (χ3n) is 14.0. The minimum absolute atomic E-state index is 0.101. The van der Waals surface area contributed by atoms with Crippen LogP contribution < -0.4 is 0 Å². The number of carbonyl (C=O) groups is 3. The SMILES string of the molecule is CC/C=C\C/C=C\C/C=C\C/C=C\C/C=C\C/C=C\CCCCC(=O)OC(COC(=O)CCCCCCC/C=C\C/C=C\CCCCCC)COC(=O)CCCCCCCCCCCCC/C=C\CCCCCCCCCC. The summed E-state index contributed by atoms with van der Waals surface area (Å²) in [5, 5.41) is 0. The van der Waals surface area contributed by atoms with Crippen LogP contribution >= 0.6 is 0 Å². The molecule has 6 heteroatoms. The summed E-state index contributed by atoms with van der Waals surface area (Å²) in [6, 6.07) is 0. The van der Waals surface area contributed by atoms with Gasteiger partial charge in [0.2, 0.25) is 0 Å². The van der Waals surface area contributed by atoms with Crippen LogP contribution in [0.1, 0.15) is 310 Å². The van der Waals surface area contributed by atoms with E-state index in [0.717, 1.165) is 116 Å². The Morgan fingerprint density at radius 1 is 0.269 bits per heavy atom. The topological polar surface area (TPSA) is 78.9 Å². The average Bonchev–Trinajstić information content (AvgIpc) is 3.44. The molecule has 0 aromatic heterocycles. The second-order valence-electron chi connectivity index (χ2n) is 21.6. The molecule has 0 aromatic rings. The quantitative estimate of drug-likeness (QED) is 0.0261. The van der Waals surface area contributed by atoms with Gasteiger partial charge < -0.3 is 14.2 Å². The van der Waals surface area contributed by atoms with E-state index >= 15 is 0 Å². The van der Waals surface area contributed by atoms with Crippen molar-refractivity contribution in [2.75, 3.05) is 13.2 Å².